The molecular weight excluding hydrogens is 299 g/mol. The molecular formula is C12H7ClF3NOS. The predicted octanol–water partition coefficient (Wildman–Crippen LogP) is 4.96. The van der Waals surface area contributed by atoms with Crippen LogP contribution in [0.15, 0.2) is 46.8 Å². The number of hydrogen-bond donors (Lipinski definition) is 0. The summed E-state index contributed by atoms with van der Waals surface area (Å²) in [5.41, 5.74) is 0.452. The molecule has 2 nitrogen and oxygen atoms in total. The molecule has 100 valence electrons. The number of thiophene rings is 1. The Kier molecular flexibility index (Phi) is 4.11. The Balaban J connectivity index is 2.13. The van der Waals surface area contributed by atoms with Gasteiger partial charge in [0.2, 0.25) is 0 Å². The summed E-state index contributed by atoms with van der Waals surface area (Å²) in [7, 11) is 0. The topological polar surface area (TPSA) is 21.6 Å². The van der Waals surface area contributed by atoms with Crippen LogP contribution in [0.4, 0.5) is 18.9 Å². The summed E-state index contributed by atoms with van der Waals surface area (Å²) < 4.78 is 39.7. The maximum absolute atomic E-state index is 12.0. The smallest absolute Gasteiger partial charge is 0.406 e. The zero-order valence-electron chi connectivity index (χ0n) is 9.32. The average Bonchev–Trinajstić information content (AvgIpc) is 2.83. The molecule has 0 saturated carbocycles. The highest BCUT2D eigenvalue weighted by Crippen LogP contribution is 2.25. The highest BCUT2D eigenvalue weighted by Gasteiger charge is 2.30. The first-order chi connectivity index (χ1) is 8.94. The SMILES string of the molecule is FC(F)(F)Oc1ccc(N=C(Cl)c2cccs2)cc1. The van der Waals surface area contributed by atoms with Gasteiger partial charge in [0.25, 0.3) is 0 Å². The fourth-order valence-corrected chi connectivity index (χ4v) is 2.18. The van der Waals surface area contributed by atoms with E-state index in [0.29, 0.717) is 10.9 Å². The van der Waals surface area contributed by atoms with Gasteiger partial charge in [-0.3, -0.25) is 0 Å². The first kappa shape index (κ1) is 13.9. The molecule has 1 aromatic heterocycles. The van der Waals surface area contributed by atoms with E-state index in [9.17, 15) is 13.2 Å². The normalized spacial score (nSPS) is 12.5. The van der Waals surface area contributed by atoms with E-state index in [4.69, 9.17) is 11.6 Å². The minimum Gasteiger partial charge on any atom is -0.406 e. The molecule has 0 fully saturated rings. The van der Waals surface area contributed by atoms with Crippen LogP contribution >= 0.6 is 22.9 Å². The Morgan fingerprint density at radius 2 is 1.84 bits per heavy atom. The average molecular weight is 306 g/mol. The highest BCUT2D eigenvalue weighted by atomic mass is 35.5. The minimum absolute atomic E-state index is 0.291. The van der Waals surface area contributed by atoms with E-state index >= 15 is 0 Å². The zero-order chi connectivity index (χ0) is 13.9. The van der Waals surface area contributed by atoms with Crippen molar-refractivity contribution in [1.82, 2.24) is 0 Å². The second kappa shape index (κ2) is 5.63. The molecule has 0 aliphatic heterocycles. The molecule has 0 bridgehead atoms. The summed E-state index contributed by atoms with van der Waals surface area (Å²) in [6, 6.07) is 8.81. The summed E-state index contributed by atoms with van der Waals surface area (Å²) in [6.45, 7) is 0. The molecule has 0 aliphatic rings. The Hall–Kier alpha value is -1.53. The molecule has 1 aromatic carbocycles. The third kappa shape index (κ3) is 4.25. The maximum atomic E-state index is 12.0. The van der Waals surface area contributed by atoms with Crippen molar-refractivity contribution >= 4 is 33.8 Å². The van der Waals surface area contributed by atoms with Crippen LogP contribution in [0, 0.1) is 0 Å². The predicted molar refractivity (Wildman–Crippen MR) is 69.5 cm³/mol. The lowest BCUT2D eigenvalue weighted by Crippen LogP contribution is -2.16. The van der Waals surface area contributed by atoms with Gasteiger partial charge in [-0.05, 0) is 35.7 Å². The zero-order valence-corrected chi connectivity index (χ0v) is 10.9. The molecule has 0 aliphatic carbocycles. The lowest BCUT2D eigenvalue weighted by molar-refractivity contribution is -0.274. The van der Waals surface area contributed by atoms with Gasteiger partial charge < -0.3 is 4.74 Å². The van der Waals surface area contributed by atoms with Crippen LogP contribution < -0.4 is 4.74 Å². The third-order valence-electron chi connectivity index (χ3n) is 2.02. The van der Waals surface area contributed by atoms with Crippen LogP contribution in [0.1, 0.15) is 4.88 Å². The fourth-order valence-electron chi connectivity index (χ4n) is 1.29. The monoisotopic (exact) mass is 305 g/mol. The first-order valence-electron chi connectivity index (χ1n) is 5.08. The quantitative estimate of drug-likeness (QED) is 0.734. The Morgan fingerprint density at radius 3 is 2.37 bits per heavy atom. The number of alkyl halides is 3. The van der Waals surface area contributed by atoms with Crippen molar-refractivity contribution in [3.05, 3.63) is 46.7 Å². The first-order valence-corrected chi connectivity index (χ1v) is 6.34. The molecule has 2 rings (SSSR count). The van der Waals surface area contributed by atoms with Crippen LogP contribution in [0.3, 0.4) is 0 Å². The van der Waals surface area contributed by atoms with E-state index < -0.39 is 6.36 Å². The molecule has 2 aromatic rings. The molecule has 0 N–H and O–H groups in total. The van der Waals surface area contributed by atoms with Gasteiger partial charge in [-0.25, -0.2) is 4.99 Å². The van der Waals surface area contributed by atoms with E-state index in [0.717, 1.165) is 4.88 Å². The van der Waals surface area contributed by atoms with Crippen molar-refractivity contribution in [2.45, 2.75) is 6.36 Å². The number of nitrogens with zero attached hydrogens (tertiary/aromatic N) is 1. The summed E-state index contributed by atoms with van der Waals surface area (Å²) in [5, 5.41) is 2.15. The minimum atomic E-state index is -4.70. The van der Waals surface area contributed by atoms with E-state index in [1.165, 1.54) is 35.6 Å². The summed E-state index contributed by atoms with van der Waals surface area (Å²) >= 11 is 7.40. The number of ether oxygens (including phenoxy) is 1. The van der Waals surface area contributed by atoms with E-state index in [-0.39, 0.29) is 5.75 Å². The lowest BCUT2D eigenvalue weighted by Gasteiger charge is -2.08. The fraction of sp³-hybridized carbons (Fsp3) is 0.0833. The molecule has 0 saturated heterocycles. The molecule has 0 unspecified atom stereocenters. The Morgan fingerprint density at radius 1 is 1.16 bits per heavy atom. The number of halogens is 4. The van der Waals surface area contributed by atoms with Crippen molar-refractivity contribution in [2.75, 3.05) is 0 Å². The van der Waals surface area contributed by atoms with Gasteiger partial charge in [0.05, 0.1) is 10.6 Å². The van der Waals surface area contributed by atoms with E-state index in [1.54, 1.807) is 6.07 Å². The maximum Gasteiger partial charge on any atom is 0.573 e. The van der Waals surface area contributed by atoms with Gasteiger partial charge >= 0.3 is 6.36 Å². The van der Waals surface area contributed by atoms with Crippen molar-refractivity contribution in [3.63, 3.8) is 0 Å². The highest BCUT2D eigenvalue weighted by molar-refractivity contribution is 7.14. The third-order valence-corrected chi connectivity index (χ3v) is 3.30. The van der Waals surface area contributed by atoms with Crippen LogP contribution in [-0.2, 0) is 0 Å². The van der Waals surface area contributed by atoms with Crippen molar-refractivity contribution in [3.8, 4) is 5.75 Å². The largest absolute Gasteiger partial charge is 0.573 e. The standard InChI is InChI=1S/C12H7ClF3NOS/c13-11(10-2-1-7-19-10)17-8-3-5-9(6-4-8)18-12(14,15)16/h1-7H. The molecule has 7 heteroatoms. The van der Waals surface area contributed by atoms with Crippen LogP contribution in [0.25, 0.3) is 0 Å². The number of aliphatic imine (C=N–C) groups is 1. The Bertz CT molecular complexity index is 564. The van der Waals surface area contributed by atoms with Gasteiger partial charge in [-0.2, -0.15) is 0 Å². The van der Waals surface area contributed by atoms with Crippen LogP contribution in [0.2, 0.25) is 0 Å². The van der Waals surface area contributed by atoms with Crippen LogP contribution in [-0.4, -0.2) is 11.5 Å². The molecule has 19 heavy (non-hydrogen) atoms. The molecule has 0 radical (unpaired) electrons. The van der Waals surface area contributed by atoms with Gasteiger partial charge in [0.1, 0.15) is 10.9 Å². The van der Waals surface area contributed by atoms with Crippen molar-refractivity contribution < 1.29 is 17.9 Å². The number of hydrogen-bond acceptors (Lipinski definition) is 3. The lowest BCUT2D eigenvalue weighted by atomic mass is 10.3. The van der Waals surface area contributed by atoms with Gasteiger partial charge in [-0.15, -0.1) is 24.5 Å². The van der Waals surface area contributed by atoms with Crippen LogP contribution in [0.5, 0.6) is 5.75 Å². The molecule has 1 heterocycles. The van der Waals surface area contributed by atoms with Crippen molar-refractivity contribution in [2.24, 2.45) is 4.99 Å². The summed E-state index contributed by atoms with van der Waals surface area (Å²) in [4.78, 5) is 4.88. The molecule has 0 amide bonds. The van der Waals surface area contributed by atoms with Gasteiger partial charge in [0.15, 0.2) is 0 Å². The second-order valence-corrected chi connectivity index (χ2v) is 4.73. The van der Waals surface area contributed by atoms with Gasteiger partial charge in [0, 0.05) is 0 Å². The number of benzene rings is 1. The van der Waals surface area contributed by atoms with Crippen molar-refractivity contribution in [1.29, 1.82) is 0 Å². The van der Waals surface area contributed by atoms with E-state index in [1.807, 2.05) is 11.4 Å². The Labute approximate surface area is 116 Å². The van der Waals surface area contributed by atoms with E-state index in [2.05, 4.69) is 9.73 Å². The van der Waals surface area contributed by atoms with Gasteiger partial charge in [-0.1, -0.05) is 17.7 Å². The molecule has 0 spiro atoms. The number of rotatable bonds is 3. The summed E-state index contributed by atoms with van der Waals surface area (Å²) in [5.74, 6) is -0.293. The summed E-state index contributed by atoms with van der Waals surface area (Å²) in [6.07, 6.45) is -4.70. The second-order valence-electron chi connectivity index (χ2n) is 3.42. The molecule has 0 atom stereocenters.